The number of fused-ring (bicyclic) bond motifs is 1. The summed E-state index contributed by atoms with van der Waals surface area (Å²) in [5.74, 6) is 0. The van der Waals surface area contributed by atoms with E-state index >= 15 is 0 Å². The first-order chi connectivity index (χ1) is 9.25. The Morgan fingerprint density at radius 2 is 2.00 bits per heavy atom. The number of hydroxylamine groups is 1. The van der Waals surface area contributed by atoms with Crippen LogP contribution in [0.25, 0.3) is 0 Å². The fraction of sp³-hybridized carbons (Fsp3) is 0.500. The summed E-state index contributed by atoms with van der Waals surface area (Å²) in [4.78, 5) is 19.2. The van der Waals surface area contributed by atoms with Gasteiger partial charge in [-0.2, -0.15) is 0 Å². The summed E-state index contributed by atoms with van der Waals surface area (Å²) >= 11 is 0. The molecular formula is C14H18N2O2. The monoisotopic (exact) mass is 247 g/mol. The molecule has 18 heavy (non-hydrogen) atoms. The maximum absolute atomic E-state index is 12.0. The Morgan fingerprint density at radius 1 is 1.22 bits per heavy atom. The minimum Gasteiger partial charge on any atom is -0.321 e. The highest BCUT2D eigenvalue weighted by molar-refractivity contribution is 5.70. The Balaban J connectivity index is 1.77. The van der Waals surface area contributed by atoms with Crippen LogP contribution < -0.4 is 5.06 Å². The quantitative estimate of drug-likeness (QED) is 0.764. The van der Waals surface area contributed by atoms with Crippen LogP contribution >= 0.6 is 0 Å². The highest BCUT2D eigenvalue weighted by atomic mass is 16.7. The van der Waals surface area contributed by atoms with Gasteiger partial charge in [-0.25, -0.2) is 9.86 Å². The smallest absolute Gasteiger partial charge is 0.321 e. The minimum atomic E-state index is -0.513. The predicted molar refractivity (Wildman–Crippen MR) is 69.4 cm³/mol. The number of benzene rings is 1. The number of likely N-dealkylation sites (tertiary alicyclic amines) is 1. The Labute approximate surface area is 108 Å². The first-order valence-corrected chi connectivity index (χ1v) is 6.52. The summed E-state index contributed by atoms with van der Waals surface area (Å²) in [6.07, 6.45) is 3.30. The lowest BCUT2D eigenvalue weighted by atomic mass is 10.0. The molecule has 0 aliphatic carbocycles. The van der Waals surface area contributed by atoms with E-state index < -0.39 is 6.52 Å². The zero-order chi connectivity index (χ0) is 13.2. The maximum Gasteiger partial charge on any atom is 0.434 e. The molecule has 0 spiro atoms. The molecule has 2 heterocycles. The van der Waals surface area contributed by atoms with Gasteiger partial charge in [-0.3, -0.25) is 0 Å². The number of rotatable bonds is 1. The Hall–Kier alpha value is -1.71. The van der Waals surface area contributed by atoms with Gasteiger partial charge < -0.3 is 9.74 Å². The van der Waals surface area contributed by atoms with Crippen LogP contribution in [-0.2, 0) is 11.3 Å². The number of carbonyl (C=O) groups excluding carboxylic acids is 1. The minimum absolute atomic E-state index is 0.327. The summed E-state index contributed by atoms with van der Waals surface area (Å²) in [7, 11) is 0. The molecule has 1 atom stereocenters. The summed E-state index contributed by atoms with van der Waals surface area (Å²) in [5, 5.41) is 1.46. The van der Waals surface area contributed by atoms with Crippen LogP contribution in [0.15, 0.2) is 24.3 Å². The second-order valence-corrected chi connectivity index (χ2v) is 4.73. The third kappa shape index (κ3) is 2.15. The standard InChI is InChI=1S/C14H18N2O2/c17-14(15-9-3-4-10-15)18-16-11-5-7-12-6-1-2-8-13(12)16/h1-2,6,8H,3-5,7,9-11H2/i11D. The van der Waals surface area contributed by atoms with E-state index in [9.17, 15) is 4.79 Å². The van der Waals surface area contributed by atoms with Crippen molar-refractivity contribution >= 4 is 11.8 Å². The van der Waals surface area contributed by atoms with Crippen molar-refractivity contribution < 1.29 is 11.0 Å². The van der Waals surface area contributed by atoms with Gasteiger partial charge in [0.25, 0.3) is 0 Å². The van der Waals surface area contributed by atoms with Crippen molar-refractivity contribution in [3.05, 3.63) is 29.8 Å². The Kier molecular flexibility index (Phi) is 2.78. The highest BCUT2D eigenvalue weighted by Gasteiger charge is 2.24. The maximum atomic E-state index is 12.0. The molecule has 96 valence electrons. The molecule has 0 saturated carbocycles. The van der Waals surface area contributed by atoms with Gasteiger partial charge in [0.1, 0.15) is 0 Å². The van der Waals surface area contributed by atoms with Crippen LogP contribution in [0.4, 0.5) is 10.5 Å². The zero-order valence-corrected chi connectivity index (χ0v) is 10.3. The lowest BCUT2D eigenvalue weighted by Gasteiger charge is -2.30. The van der Waals surface area contributed by atoms with E-state index in [2.05, 4.69) is 0 Å². The molecule has 2 aliphatic heterocycles. The first kappa shape index (κ1) is 10.2. The molecule has 2 aliphatic rings. The average Bonchev–Trinajstić information content (AvgIpc) is 2.96. The molecule has 3 rings (SSSR count). The number of anilines is 1. The van der Waals surface area contributed by atoms with E-state index in [1.54, 1.807) is 4.90 Å². The molecule has 1 unspecified atom stereocenters. The molecule has 0 bridgehead atoms. The highest BCUT2D eigenvalue weighted by Crippen LogP contribution is 2.27. The van der Waals surface area contributed by atoms with Gasteiger partial charge >= 0.3 is 6.09 Å². The van der Waals surface area contributed by atoms with Crippen molar-refractivity contribution in [2.75, 3.05) is 24.7 Å². The van der Waals surface area contributed by atoms with Gasteiger partial charge in [0.05, 0.1) is 13.6 Å². The number of hydrogen-bond acceptors (Lipinski definition) is 3. The van der Waals surface area contributed by atoms with E-state index in [1.807, 2.05) is 24.3 Å². The van der Waals surface area contributed by atoms with Crippen LogP contribution in [-0.4, -0.2) is 30.6 Å². The number of carbonyl (C=O) groups is 1. The third-order valence-electron chi connectivity index (χ3n) is 3.48. The zero-order valence-electron chi connectivity index (χ0n) is 11.3. The van der Waals surface area contributed by atoms with Gasteiger partial charge in [-0.1, -0.05) is 18.2 Å². The predicted octanol–water partition coefficient (Wildman–Crippen LogP) is 2.59. The third-order valence-corrected chi connectivity index (χ3v) is 3.48. The second-order valence-electron chi connectivity index (χ2n) is 4.73. The second kappa shape index (κ2) is 4.88. The van der Waals surface area contributed by atoms with Crippen molar-refractivity contribution in [2.45, 2.75) is 25.7 Å². The molecule has 1 amide bonds. The molecule has 1 aromatic rings. The summed E-state index contributed by atoms with van der Waals surface area (Å²) in [6, 6.07) is 7.82. The molecule has 0 N–H and O–H groups in total. The van der Waals surface area contributed by atoms with Gasteiger partial charge in [0, 0.05) is 13.1 Å². The lowest BCUT2D eigenvalue weighted by molar-refractivity contribution is 0.0966. The number of nitrogens with zero attached hydrogens (tertiary/aromatic N) is 2. The molecule has 1 saturated heterocycles. The van der Waals surface area contributed by atoms with E-state index in [1.165, 1.54) is 5.06 Å². The van der Waals surface area contributed by atoms with Crippen LogP contribution in [0.3, 0.4) is 0 Å². The van der Waals surface area contributed by atoms with E-state index in [-0.39, 0.29) is 6.09 Å². The topological polar surface area (TPSA) is 32.8 Å². The number of aryl methyl sites for hydroxylation is 1. The molecule has 0 radical (unpaired) electrons. The van der Waals surface area contributed by atoms with E-state index in [4.69, 9.17) is 6.21 Å². The van der Waals surface area contributed by atoms with Gasteiger partial charge in [-0.15, -0.1) is 0 Å². The molecule has 0 aromatic heterocycles. The number of para-hydroxylation sites is 1. The molecule has 1 fully saturated rings. The Bertz CT molecular complexity index is 474. The normalized spacial score (nSPS) is 23.6. The first-order valence-electron chi connectivity index (χ1n) is 7.10. The lowest BCUT2D eigenvalue weighted by Crippen LogP contribution is -2.38. The van der Waals surface area contributed by atoms with E-state index in [0.717, 1.165) is 43.6 Å². The van der Waals surface area contributed by atoms with Crippen LogP contribution in [0.2, 0.25) is 0 Å². The van der Waals surface area contributed by atoms with Crippen molar-refractivity contribution in [2.24, 2.45) is 0 Å². The van der Waals surface area contributed by atoms with Gasteiger partial charge in [0.2, 0.25) is 0 Å². The number of amides is 1. The van der Waals surface area contributed by atoms with Crippen molar-refractivity contribution in [3.63, 3.8) is 0 Å². The summed E-state index contributed by atoms with van der Waals surface area (Å²) < 4.78 is 8.05. The fourth-order valence-corrected chi connectivity index (χ4v) is 2.50. The van der Waals surface area contributed by atoms with E-state index in [0.29, 0.717) is 6.42 Å². The van der Waals surface area contributed by atoms with Crippen LogP contribution in [0.1, 0.15) is 26.2 Å². The van der Waals surface area contributed by atoms with Gasteiger partial charge in [0.15, 0.2) is 0 Å². The van der Waals surface area contributed by atoms with Crippen molar-refractivity contribution in [1.82, 2.24) is 4.90 Å². The number of hydrogen-bond donors (Lipinski definition) is 0. The fourth-order valence-electron chi connectivity index (χ4n) is 2.50. The SMILES string of the molecule is [2H]C1CCc2ccccc2N1OC(=O)N1CCCC1. The van der Waals surface area contributed by atoms with Crippen molar-refractivity contribution in [3.8, 4) is 0 Å². The molecule has 4 heteroatoms. The molecule has 4 nitrogen and oxygen atoms in total. The molecule has 1 aromatic carbocycles. The van der Waals surface area contributed by atoms with Crippen LogP contribution in [0.5, 0.6) is 0 Å². The largest absolute Gasteiger partial charge is 0.434 e. The van der Waals surface area contributed by atoms with Crippen molar-refractivity contribution in [1.29, 1.82) is 0 Å². The summed E-state index contributed by atoms with van der Waals surface area (Å²) in [6.45, 7) is 1.01. The van der Waals surface area contributed by atoms with Crippen LogP contribution in [0, 0.1) is 0 Å². The molecular weight excluding hydrogens is 228 g/mol. The summed E-state index contributed by atoms with van der Waals surface area (Å²) in [5.41, 5.74) is 1.99. The average molecular weight is 247 g/mol. The Morgan fingerprint density at radius 3 is 2.83 bits per heavy atom. The van der Waals surface area contributed by atoms with Gasteiger partial charge in [-0.05, 0) is 37.3 Å².